The molecule has 0 bridgehead atoms. The molecule has 5 heteroatoms. The number of carbonyl (C=O) groups excluding carboxylic acids is 1. The number of hydrogen-bond acceptors (Lipinski definition) is 3. The predicted octanol–water partition coefficient (Wildman–Crippen LogP) is 4.49. The van der Waals surface area contributed by atoms with Gasteiger partial charge in [-0.25, -0.2) is 0 Å². The van der Waals surface area contributed by atoms with Gasteiger partial charge in [-0.3, -0.25) is 4.79 Å². The fraction of sp³-hybridized carbons (Fsp3) is 0.542. The van der Waals surface area contributed by atoms with E-state index in [0.717, 1.165) is 68.7 Å². The highest BCUT2D eigenvalue weighted by molar-refractivity contribution is 6.02. The molecule has 0 atom stereocenters. The third kappa shape index (κ3) is 5.02. The molecule has 1 aromatic carbocycles. The summed E-state index contributed by atoms with van der Waals surface area (Å²) in [7, 11) is 0. The average molecular weight is 398 g/mol. The molecule has 1 fully saturated rings. The van der Waals surface area contributed by atoms with E-state index >= 15 is 0 Å². The highest BCUT2D eigenvalue weighted by Gasteiger charge is 2.25. The van der Waals surface area contributed by atoms with E-state index in [-0.39, 0.29) is 5.75 Å². The Morgan fingerprint density at radius 2 is 1.90 bits per heavy atom. The Morgan fingerprint density at radius 3 is 2.55 bits per heavy atom. The van der Waals surface area contributed by atoms with Crippen LogP contribution in [0.25, 0.3) is 11.1 Å². The zero-order valence-corrected chi connectivity index (χ0v) is 17.9. The molecule has 5 nitrogen and oxygen atoms in total. The van der Waals surface area contributed by atoms with Gasteiger partial charge in [-0.15, -0.1) is 0 Å². The van der Waals surface area contributed by atoms with Gasteiger partial charge in [0.05, 0.1) is 5.56 Å². The normalized spacial score (nSPS) is 15.0. The average Bonchev–Trinajstić information content (AvgIpc) is 2.99. The van der Waals surface area contributed by atoms with Crippen molar-refractivity contribution in [3.8, 4) is 16.9 Å². The summed E-state index contributed by atoms with van der Waals surface area (Å²) in [6.07, 6.45) is 8.17. The van der Waals surface area contributed by atoms with Gasteiger partial charge < -0.3 is 20.3 Å². The van der Waals surface area contributed by atoms with Crippen LogP contribution >= 0.6 is 0 Å². The Balaban J connectivity index is 2.02. The Bertz CT molecular complexity index is 835. The molecule has 3 N–H and O–H groups in total. The van der Waals surface area contributed by atoms with Gasteiger partial charge in [-0.05, 0) is 63.4 Å². The summed E-state index contributed by atoms with van der Waals surface area (Å²) in [4.78, 5) is 15.0. The number of nitrogens with two attached hydrogens (primary N) is 1. The number of unbranched alkanes of at least 4 members (excludes halogenated alkanes) is 2. The molecule has 0 aliphatic carbocycles. The molecule has 1 amide bonds. The summed E-state index contributed by atoms with van der Waals surface area (Å²) in [5.41, 5.74) is 10.3. The maximum atomic E-state index is 12.4. The Hall–Kier alpha value is -2.27. The second kappa shape index (κ2) is 9.97. The van der Waals surface area contributed by atoms with Crippen LogP contribution in [0.1, 0.15) is 67.2 Å². The lowest BCUT2D eigenvalue weighted by atomic mass is 9.97. The van der Waals surface area contributed by atoms with Gasteiger partial charge in [-0.2, -0.15) is 0 Å². The van der Waals surface area contributed by atoms with Crippen molar-refractivity contribution in [1.82, 2.24) is 9.47 Å². The lowest BCUT2D eigenvalue weighted by Crippen LogP contribution is -2.33. The van der Waals surface area contributed by atoms with Crippen LogP contribution in [0.15, 0.2) is 24.3 Å². The van der Waals surface area contributed by atoms with Gasteiger partial charge >= 0.3 is 0 Å². The van der Waals surface area contributed by atoms with Gasteiger partial charge in [-0.1, -0.05) is 38.3 Å². The van der Waals surface area contributed by atoms with Gasteiger partial charge in [0.15, 0.2) is 0 Å². The van der Waals surface area contributed by atoms with Crippen LogP contribution < -0.4 is 5.73 Å². The van der Waals surface area contributed by atoms with Crippen LogP contribution in [0, 0.1) is 6.92 Å². The number of likely N-dealkylation sites (tertiary alicyclic amines) is 1. The Labute approximate surface area is 174 Å². The van der Waals surface area contributed by atoms with E-state index < -0.39 is 5.91 Å². The van der Waals surface area contributed by atoms with Crippen molar-refractivity contribution in [1.29, 1.82) is 0 Å². The van der Waals surface area contributed by atoms with E-state index in [9.17, 15) is 9.90 Å². The molecule has 0 unspecified atom stereocenters. The summed E-state index contributed by atoms with van der Waals surface area (Å²) in [5, 5.41) is 10.0. The van der Waals surface area contributed by atoms with E-state index in [0.29, 0.717) is 5.56 Å². The molecule has 29 heavy (non-hydrogen) atoms. The van der Waals surface area contributed by atoms with Crippen molar-refractivity contribution in [2.45, 2.75) is 65.3 Å². The number of carbonyl (C=O) groups is 1. The minimum Gasteiger partial charge on any atom is -0.508 e. The van der Waals surface area contributed by atoms with Crippen molar-refractivity contribution in [3.05, 3.63) is 41.2 Å². The first-order valence-corrected chi connectivity index (χ1v) is 11.1. The third-order valence-electron chi connectivity index (χ3n) is 6.12. The first-order valence-electron chi connectivity index (χ1n) is 11.1. The zero-order valence-electron chi connectivity index (χ0n) is 17.9. The number of hydrogen-bond donors (Lipinski definition) is 2. The second-order valence-corrected chi connectivity index (χ2v) is 8.21. The largest absolute Gasteiger partial charge is 0.508 e. The SMILES string of the molecule is CCCCCc1c(-c2cccc(O)c2)c(C(N)=O)c(C)n1CCN1CCCCC1. The van der Waals surface area contributed by atoms with E-state index in [1.807, 2.05) is 19.1 Å². The fourth-order valence-electron chi connectivity index (χ4n) is 4.60. The molecule has 1 saturated heterocycles. The van der Waals surface area contributed by atoms with Gasteiger partial charge in [0.25, 0.3) is 5.91 Å². The van der Waals surface area contributed by atoms with Gasteiger partial charge in [0.2, 0.25) is 0 Å². The van der Waals surface area contributed by atoms with E-state index in [1.165, 1.54) is 25.0 Å². The summed E-state index contributed by atoms with van der Waals surface area (Å²) in [6, 6.07) is 7.18. The highest BCUT2D eigenvalue weighted by Crippen LogP contribution is 2.35. The molecule has 158 valence electrons. The lowest BCUT2D eigenvalue weighted by Gasteiger charge is -2.27. The minimum atomic E-state index is -0.394. The first kappa shape index (κ1) is 21.4. The van der Waals surface area contributed by atoms with E-state index in [4.69, 9.17) is 5.73 Å². The number of nitrogens with zero attached hydrogens (tertiary/aromatic N) is 2. The summed E-state index contributed by atoms with van der Waals surface area (Å²) >= 11 is 0. The molecule has 1 aromatic heterocycles. The molecule has 0 spiro atoms. The van der Waals surface area contributed by atoms with Crippen LogP contribution in [0.5, 0.6) is 5.75 Å². The van der Waals surface area contributed by atoms with Crippen LogP contribution in [0.4, 0.5) is 0 Å². The highest BCUT2D eigenvalue weighted by atomic mass is 16.3. The fourth-order valence-corrected chi connectivity index (χ4v) is 4.60. The molecule has 0 saturated carbocycles. The molecule has 3 rings (SSSR count). The zero-order chi connectivity index (χ0) is 20.8. The van der Waals surface area contributed by atoms with Crippen LogP contribution in [0.3, 0.4) is 0 Å². The molecular formula is C24H35N3O2. The maximum Gasteiger partial charge on any atom is 0.251 e. The number of phenols is 1. The Kier molecular flexibility index (Phi) is 7.37. The minimum absolute atomic E-state index is 0.205. The Morgan fingerprint density at radius 1 is 1.14 bits per heavy atom. The lowest BCUT2D eigenvalue weighted by molar-refractivity contribution is 0.1000. The van der Waals surface area contributed by atoms with E-state index in [2.05, 4.69) is 16.4 Å². The summed E-state index contributed by atoms with van der Waals surface area (Å²) in [6.45, 7) is 8.39. The van der Waals surface area contributed by atoms with Gasteiger partial charge in [0.1, 0.15) is 5.75 Å². The summed E-state index contributed by atoms with van der Waals surface area (Å²) in [5.74, 6) is -0.189. The van der Waals surface area contributed by atoms with Crippen molar-refractivity contribution < 1.29 is 9.90 Å². The summed E-state index contributed by atoms with van der Waals surface area (Å²) < 4.78 is 2.31. The predicted molar refractivity (Wildman–Crippen MR) is 118 cm³/mol. The quantitative estimate of drug-likeness (QED) is 0.613. The molecular weight excluding hydrogens is 362 g/mol. The third-order valence-corrected chi connectivity index (χ3v) is 6.12. The number of rotatable bonds is 9. The van der Waals surface area contributed by atoms with Crippen LogP contribution in [-0.4, -0.2) is 40.1 Å². The number of piperidine rings is 1. The number of benzene rings is 1. The van der Waals surface area contributed by atoms with Crippen molar-refractivity contribution in [3.63, 3.8) is 0 Å². The maximum absolute atomic E-state index is 12.4. The van der Waals surface area contributed by atoms with Crippen molar-refractivity contribution in [2.75, 3.05) is 19.6 Å². The van der Waals surface area contributed by atoms with Crippen molar-refractivity contribution in [2.24, 2.45) is 5.73 Å². The number of phenolic OH excluding ortho intramolecular Hbond substituents is 1. The monoisotopic (exact) mass is 397 g/mol. The molecule has 2 heterocycles. The number of aromatic hydroxyl groups is 1. The van der Waals surface area contributed by atoms with Crippen LogP contribution in [0.2, 0.25) is 0 Å². The molecule has 2 aromatic rings. The smallest absolute Gasteiger partial charge is 0.251 e. The molecule has 0 radical (unpaired) electrons. The number of amides is 1. The first-order chi connectivity index (χ1) is 14.0. The van der Waals surface area contributed by atoms with Crippen LogP contribution in [-0.2, 0) is 13.0 Å². The van der Waals surface area contributed by atoms with Crippen molar-refractivity contribution >= 4 is 5.91 Å². The molecule has 1 aliphatic rings. The second-order valence-electron chi connectivity index (χ2n) is 8.21. The topological polar surface area (TPSA) is 71.5 Å². The van der Waals surface area contributed by atoms with E-state index in [1.54, 1.807) is 12.1 Å². The standard InChI is InChI=1S/C24H35N3O2/c1-3-4-6-12-21-23(19-10-9-11-20(28)17-19)22(24(25)29)18(2)27(21)16-15-26-13-7-5-8-14-26/h9-11,17,28H,3-8,12-16H2,1-2H3,(H2,25,29). The van der Waals surface area contributed by atoms with Gasteiger partial charge in [0, 0.05) is 30.0 Å². The number of primary amides is 1. The molecule has 1 aliphatic heterocycles. The number of aromatic nitrogens is 1.